The maximum atomic E-state index is 6.93. The lowest BCUT2D eigenvalue weighted by atomic mass is 9.77. The minimum absolute atomic E-state index is 0.0406. The van der Waals surface area contributed by atoms with E-state index in [1.807, 2.05) is 24.3 Å². The lowest BCUT2D eigenvalue weighted by molar-refractivity contribution is 0.491. The molecular weight excluding hydrogens is 535 g/mol. The van der Waals surface area contributed by atoms with Crippen molar-refractivity contribution in [2.45, 2.75) is 105 Å². The number of hydrogen-bond acceptors (Lipinski definition) is 3. The zero-order chi connectivity index (χ0) is 30.8. The molecule has 0 saturated carbocycles. The van der Waals surface area contributed by atoms with Gasteiger partial charge in [-0.1, -0.05) is 132 Å². The van der Waals surface area contributed by atoms with Crippen molar-refractivity contribution in [2.75, 3.05) is 0 Å². The molecule has 0 spiro atoms. The molecule has 222 valence electrons. The van der Waals surface area contributed by atoms with Gasteiger partial charge in [0.25, 0.3) is 0 Å². The molecule has 5 aromatic rings. The van der Waals surface area contributed by atoms with E-state index in [-0.39, 0.29) is 21.7 Å². The molecule has 5 rings (SSSR count). The monoisotopic (exact) mass is 582 g/mol. The molecule has 0 unspecified atom stereocenters. The summed E-state index contributed by atoms with van der Waals surface area (Å²) in [7, 11) is -1.82. The predicted molar refractivity (Wildman–Crippen MR) is 181 cm³/mol. The Balaban J connectivity index is 2.01. The number of rotatable bonds is 2. The van der Waals surface area contributed by atoms with Gasteiger partial charge in [0, 0.05) is 27.3 Å². The van der Waals surface area contributed by atoms with E-state index in [4.69, 9.17) is 12.9 Å². The standard InChI is InChI=1S/C38H47O3P/c1-35(2,3)25-20-28-29-21-26(36(4,5)6)23-31(38(10,11)12)34(29)41-42(40-33(28)30(22-25)37(7,8)9)39-32-19-15-17-24-16-13-14-18-27(24)32/h13-23H,1-12H3. The van der Waals surface area contributed by atoms with Gasteiger partial charge in [0.05, 0.1) is 0 Å². The van der Waals surface area contributed by atoms with Gasteiger partial charge in [0.15, 0.2) is 0 Å². The Bertz CT molecular complexity index is 1730. The first-order chi connectivity index (χ1) is 19.3. The lowest BCUT2D eigenvalue weighted by Crippen LogP contribution is -2.17. The van der Waals surface area contributed by atoms with Crippen LogP contribution in [0, 0.1) is 0 Å². The SMILES string of the molecule is CC(C)(C)c1cc(C(C)(C)C)c2op(Oc3cccc4ccccc34)oc3c(C(C)(C)C)cc(C(C)(C)C)cc3c2c1. The van der Waals surface area contributed by atoms with Gasteiger partial charge in [-0.25, -0.2) is 0 Å². The highest BCUT2D eigenvalue weighted by Crippen LogP contribution is 2.46. The summed E-state index contributed by atoms with van der Waals surface area (Å²) in [5.41, 5.74) is 6.18. The summed E-state index contributed by atoms with van der Waals surface area (Å²) in [5.74, 6) is 0.761. The van der Waals surface area contributed by atoms with Gasteiger partial charge < -0.3 is 12.9 Å². The highest BCUT2D eigenvalue weighted by molar-refractivity contribution is 7.32. The summed E-state index contributed by atoms with van der Waals surface area (Å²) in [6, 6.07) is 23.7. The van der Waals surface area contributed by atoms with Crippen LogP contribution in [0.3, 0.4) is 0 Å². The summed E-state index contributed by atoms with van der Waals surface area (Å²) in [6.07, 6.45) is 0. The van der Waals surface area contributed by atoms with Crippen molar-refractivity contribution in [1.29, 1.82) is 0 Å². The number of hydrogen-bond donors (Lipinski definition) is 0. The molecular formula is C38H47O3P. The van der Waals surface area contributed by atoms with E-state index >= 15 is 0 Å². The van der Waals surface area contributed by atoms with Crippen LogP contribution in [-0.2, 0) is 21.7 Å². The Labute approximate surface area is 252 Å². The average Bonchev–Trinajstić information content (AvgIpc) is 3.01. The van der Waals surface area contributed by atoms with Gasteiger partial charge >= 0.3 is 8.24 Å². The van der Waals surface area contributed by atoms with Gasteiger partial charge in [-0.05, 0) is 56.4 Å². The van der Waals surface area contributed by atoms with Gasteiger partial charge in [-0.2, -0.15) is 0 Å². The maximum absolute atomic E-state index is 6.93. The maximum Gasteiger partial charge on any atom is 0.453 e. The normalized spacial score (nSPS) is 13.2. The smallest absolute Gasteiger partial charge is 0.390 e. The van der Waals surface area contributed by atoms with E-state index in [1.165, 1.54) is 11.1 Å². The Kier molecular flexibility index (Phi) is 7.38. The topological polar surface area (TPSA) is 35.5 Å². The van der Waals surface area contributed by atoms with Crippen LogP contribution in [0.2, 0.25) is 0 Å². The molecule has 0 fully saturated rings. The third-order valence-electron chi connectivity index (χ3n) is 8.07. The average molecular weight is 583 g/mol. The molecule has 0 saturated heterocycles. The Morgan fingerprint density at radius 2 is 0.952 bits per heavy atom. The molecule has 4 aromatic carbocycles. The predicted octanol–water partition coefficient (Wildman–Crippen LogP) is 12.5. The van der Waals surface area contributed by atoms with Gasteiger partial charge in [-0.15, -0.1) is 0 Å². The summed E-state index contributed by atoms with van der Waals surface area (Å²) in [4.78, 5) is 0. The molecule has 0 radical (unpaired) electrons. The quantitative estimate of drug-likeness (QED) is 0.208. The van der Waals surface area contributed by atoms with Crippen LogP contribution in [-0.4, -0.2) is 0 Å². The van der Waals surface area contributed by atoms with E-state index < -0.39 is 8.24 Å². The van der Waals surface area contributed by atoms with Crippen molar-refractivity contribution in [2.24, 2.45) is 0 Å². The highest BCUT2D eigenvalue weighted by Gasteiger charge is 2.29. The molecule has 0 atom stereocenters. The van der Waals surface area contributed by atoms with Crippen molar-refractivity contribution >= 4 is 41.0 Å². The van der Waals surface area contributed by atoms with Crippen LogP contribution in [0.5, 0.6) is 5.75 Å². The molecule has 1 aromatic heterocycles. The van der Waals surface area contributed by atoms with E-state index in [0.29, 0.717) is 0 Å². The molecule has 0 bridgehead atoms. The first-order valence-corrected chi connectivity index (χ1v) is 16.1. The molecule has 0 aliphatic rings. The summed E-state index contributed by atoms with van der Waals surface area (Å²) >= 11 is 0. The molecule has 1 heterocycles. The van der Waals surface area contributed by atoms with Crippen LogP contribution in [0.25, 0.3) is 32.7 Å². The van der Waals surface area contributed by atoms with E-state index in [9.17, 15) is 0 Å². The van der Waals surface area contributed by atoms with Crippen LogP contribution < -0.4 is 4.52 Å². The van der Waals surface area contributed by atoms with Crippen molar-refractivity contribution < 1.29 is 12.9 Å². The van der Waals surface area contributed by atoms with E-state index in [1.54, 1.807) is 0 Å². The van der Waals surface area contributed by atoms with Crippen molar-refractivity contribution in [3.05, 3.63) is 89.0 Å². The zero-order valence-corrected chi connectivity index (χ0v) is 28.4. The van der Waals surface area contributed by atoms with Crippen molar-refractivity contribution in [3.63, 3.8) is 0 Å². The summed E-state index contributed by atoms with van der Waals surface area (Å²) in [5, 5.41) is 4.31. The minimum atomic E-state index is -1.82. The second-order valence-corrected chi connectivity index (χ2v) is 16.8. The first-order valence-electron chi connectivity index (χ1n) is 15.0. The first kappa shape index (κ1) is 30.3. The molecule has 0 aliphatic heterocycles. The number of benzene rings is 4. The fourth-order valence-electron chi connectivity index (χ4n) is 5.40. The molecule has 4 heteroatoms. The largest absolute Gasteiger partial charge is 0.453 e. The van der Waals surface area contributed by atoms with Crippen LogP contribution >= 0.6 is 8.24 Å². The van der Waals surface area contributed by atoms with Gasteiger partial charge in [0.2, 0.25) is 0 Å². The highest BCUT2D eigenvalue weighted by atomic mass is 31.1. The summed E-state index contributed by atoms with van der Waals surface area (Å²) < 4.78 is 20.6. The molecule has 3 nitrogen and oxygen atoms in total. The third kappa shape index (κ3) is 5.86. The Hall–Kier alpha value is -3.16. The fraction of sp³-hybridized carbons (Fsp3) is 0.421. The second-order valence-electron chi connectivity index (χ2n) is 15.8. The van der Waals surface area contributed by atoms with Crippen molar-refractivity contribution in [3.8, 4) is 5.75 Å². The van der Waals surface area contributed by atoms with Crippen LogP contribution in [0.1, 0.15) is 105 Å². The third-order valence-corrected chi connectivity index (χ3v) is 9.08. The zero-order valence-electron chi connectivity index (χ0n) is 27.5. The minimum Gasteiger partial charge on any atom is -0.390 e. The lowest BCUT2D eigenvalue weighted by Gasteiger charge is -2.27. The fourth-order valence-corrected chi connectivity index (χ4v) is 6.52. The molecule has 0 amide bonds. The van der Waals surface area contributed by atoms with Crippen LogP contribution in [0.4, 0.5) is 0 Å². The van der Waals surface area contributed by atoms with Crippen LogP contribution in [0.15, 0.2) is 75.1 Å². The number of fused-ring (bicyclic) bond motifs is 4. The molecule has 0 aliphatic carbocycles. The van der Waals surface area contributed by atoms with Crippen molar-refractivity contribution in [1.82, 2.24) is 0 Å². The van der Waals surface area contributed by atoms with E-state index in [0.717, 1.165) is 49.6 Å². The van der Waals surface area contributed by atoms with Gasteiger partial charge in [0.1, 0.15) is 16.9 Å². The van der Waals surface area contributed by atoms with E-state index in [2.05, 4.69) is 126 Å². The Morgan fingerprint density at radius 3 is 1.40 bits per heavy atom. The Morgan fingerprint density at radius 1 is 0.500 bits per heavy atom. The second kappa shape index (κ2) is 10.2. The summed E-state index contributed by atoms with van der Waals surface area (Å²) in [6.45, 7) is 27.2. The molecule has 0 N–H and O–H groups in total. The van der Waals surface area contributed by atoms with Gasteiger partial charge in [-0.3, -0.25) is 0 Å². The molecule has 42 heavy (non-hydrogen) atoms.